The molecule has 4 aliphatic rings. The van der Waals surface area contributed by atoms with Crippen LogP contribution in [0.4, 0.5) is 0 Å². The maximum atomic E-state index is 6.48. The Balaban J connectivity index is 0.000000815. The highest BCUT2D eigenvalue weighted by Gasteiger charge is 2.63. The van der Waals surface area contributed by atoms with Gasteiger partial charge >= 0.3 is 0 Å². The van der Waals surface area contributed by atoms with Crippen molar-refractivity contribution >= 4 is 0 Å². The first-order chi connectivity index (χ1) is 11.2. The summed E-state index contributed by atoms with van der Waals surface area (Å²) in [6.07, 6.45) is 9.07. The van der Waals surface area contributed by atoms with Gasteiger partial charge in [0.15, 0.2) is 0 Å². The van der Waals surface area contributed by atoms with Crippen molar-refractivity contribution in [2.24, 2.45) is 40.4 Å². The number of rotatable bonds is 0. The lowest BCUT2D eigenvalue weighted by Gasteiger charge is -2.57. The minimum absolute atomic E-state index is 0.126. The zero-order valence-corrected chi connectivity index (χ0v) is 17.6. The minimum Gasteiger partial charge on any atom is -0.372 e. The lowest BCUT2D eigenvalue weighted by atomic mass is 9.47. The fourth-order valence-electron chi connectivity index (χ4n) is 7.37. The van der Waals surface area contributed by atoms with Gasteiger partial charge < -0.3 is 4.74 Å². The van der Waals surface area contributed by atoms with Crippen LogP contribution in [0.1, 0.15) is 93.9 Å². The third-order valence-electron chi connectivity index (χ3n) is 9.00. The lowest BCUT2D eigenvalue weighted by Crippen LogP contribution is -2.50. The zero-order chi connectivity index (χ0) is 17.9. The van der Waals surface area contributed by atoms with Crippen LogP contribution < -0.4 is 0 Å². The van der Waals surface area contributed by atoms with E-state index in [1.165, 1.54) is 38.5 Å². The maximum absolute atomic E-state index is 6.48. The smallest absolute Gasteiger partial charge is 0.0634 e. The van der Waals surface area contributed by atoms with Crippen LogP contribution in [0.25, 0.3) is 0 Å². The summed E-state index contributed by atoms with van der Waals surface area (Å²) >= 11 is 0. The molecular formula is C23H42O. The molecule has 3 saturated carbocycles. The number of hydrogen-bond acceptors (Lipinski definition) is 1. The standard InChI is InChI=1S/C21H36O.C2H6/c1-13-7-8-14-15(20(13,4)5)9-10-21(6)16(14)11-18-17(21)12-19(2,3)22-18;1-2/h13-18H,7-12H2,1-6H3;1-2H3/t13?,14?,15?,16-,17-,18?,21?;/m0./s1. The van der Waals surface area contributed by atoms with Gasteiger partial charge in [-0.05, 0) is 92.8 Å². The molecule has 7 atom stereocenters. The topological polar surface area (TPSA) is 9.23 Å². The van der Waals surface area contributed by atoms with Crippen LogP contribution in [0, 0.1) is 40.4 Å². The van der Waals surface area contributed by atoms with Gasteiger partial charge in [0.1, 0.15) is 0 Å². The Morgan fingerprint density at radius 1 is 0.833 bits per heavy atom. The van der Waals surface area contributed by atoms with Crippen LogP contribution in [0.3, 0.4) is 0 Å². The van der Waals surface area contributed by atoms with Gasteiger partial charge in [0.2, 0.25) is 0 Å². The van der Waals surface area contributed by atoms with Crippen LogP contribution in [-0.2, 0) is 4.74 Å². The van der Waals surface area contributed by atoms with Gasteiger partial charge in [-0.25, -0.2) is 0 Å². The Morgan fingerprint density at radius 3 is 2.17 bits per heavy atom. The molecule has 24 heavy (non-hydrogen) atoms. The van der Waals surface area contributed by atoms with Gasteiger partial charge in [-0.15, -0.1) is 0 Å². The van der Waals surface area contributed by atoms with Crippen molar-refractivity contribution in [3.8, 4) is 0 Å². The molecule has 0 aromatic carbocycles. The second kappa shape index (κ2) is 6.00. The van der Waals surface area contributed by atoms with Crippen molar-refractivity contribution in [1.82, 2.24) is 0 Å². The van der Waals surface area contributed by atoms with Crippen molar-refractivity contribution in [2.45, 2.75) is 106 Å². The van der Waals surface area contributed by atoms with Crippen molar-refractivity contribution < 1.29 is 4.74 Å². The predicted octanol–water partition coefficient (Wildman–Crippen LogP) is 6.70. The molecule has 0 spiro atoms. The summed E-state index contributed by atoms with van der Waals surface area (Å²) in [7, 11) is 0. The monoisotopic (exact) mass is 334 g/mol. The highest BCUT2D eigenvalue weighted by molar-refractivity contribution is 5.12. The van der Waals surface area contributed by atoms with E-state index in [0.717, 1.165) is 29.6 Å². The molecule has 4 fully saturated rings. The summed E-state index contributed by atoms with van der Waals surface area (Å²) in [5, 5.41) is 0. The zero-order valence-electron chi connectivity index (χ0n) is 17.6. The summed E-state index contributed by atoms with van der Waals surface area (Å²) in [6, 6.07) is 0. The number of ether oxygens (including phenoxy) is 1. The van der Waals surface area contributed by atoms with Crippen LogP contribution in [0.15, 0.2) is 0 Å². The highest BCUT2D eigenvalue weighted by Crippen LogP contribution is 2.68. The van der Waals surface area contributed by atoms with Gasteiger partial charge in [-0.2, -0.15) is 0 Å². The summed E-state index contributed by atoms with van der Waals surface area (Å²) in [5.74, 6) is 4.60. The first-order valence-electron chi connectivity index (χ1n) is 10.8. The second-order valence-corrected chi connectivity index (χ2v) is 10.7. The van der Waals surface area contributed by atoms with Crippen LogP contribution in [0.2, 0.25) is 0 Å². The Morgan fingerprint density at radius 2 is 1.50 bits per heavy atom. The van der Waals surface area contributed by atoms with Gasteiger partial charge in [0.05, 0.1) is 11.7 Å². The number of hydrogen-bond donors (Lipinski definition) is 0. The maximum Gasteiger partial charge on any atom is 0.0634 e. The molecule has 1 heterocycles. The molecule has 1 aliphatic heterocycles. The van der Waals surface area contributed by atoms with E-state index in [1.54, 1.807) is 0 Å². The summed E-state index contributed by atoms with van der Waals surface area (Å²) in [4.78, 5) is 0. The molecule has 0 aromatic rings. The van der Waals surface area contributed by atoms with Crippen LogP contribution in [0.5, 0.6) is 0 Å². The van der Waals surface area contributed by atoms with E-state index < -0.39 is 0 Å². The molecule has 4 rings (SSSR count). The average Bonchev–Trinajstić information content (AvgIpc) is 2.96. The van der Waals surface area contributed by atoms with Crippen molar-refractivity contribution in [2.75, 3.05) is 0 Å². The van der Waals surface area contributed by atoms with Gasteiger partial charge in [-0.3, -0.25) is 0 Å². The molecule has 1 saturated heterocycles. The van der Waals surface area contributed by atoms with Gasteiger partial charge in [0.25, 0.3) is 0 Å². The Bertz CT molecular complexity index is 465. The molecule has 1 nitrogen and oxygen atoms in total. The lowest BCUT2D eigenvalue weighted by molar-refractivity contribution is -0.0879. The van der Waals surface area contributed by atoms with Crippen LogP contribution in [-0.4, -0.2) is 11.7 Å². The molecule has 140 valence electrons. The molecule has 3 aliphatic carbocycles. The minimum atomic E-state index is 0.126. The molecule has 0 bridgehead atoms. The molecule has 1 heteroatoms. The van der Waals surface area contributed by atoms with Crippen molar-refractivity contribution in [1.29, 1.82) is 0 Å². The van der Waals surface area contributed by atoms with E-state index in [1.807, 2.05) is 13.8 Å². The normalized spacial score (nSPS) is 51.0. The van der Waals surface area contributed by atoms with Crippen LogP contribution >= 0.6 is 0 Å². The fourth-order valence-corrected chi connectivity index (χ4v) is 7.37. The molecule has 0 N–H and O–H groups in total. The first-order valence-corrected chi connectivity index (χ1v) is 10.8. The average molecular weight is 335 g/mol. The molecule has 0 radical (unpaired) electrons. The summed E-state index contributed by atoms with van der Waals surface area (Å²) in [6.45, 7) is 18.9. The van der Waals surface area contributed by atoms with Gasteiger partial charge in [-0.1, -0.05) is 41.5 Å². The summed E-state index contributed by atoms with van der Waals surface area (Å²) < 4.78 is 6.48. The van der Waals surface area contributed by atoms with Crippen molar-refractivity contribution in [3.63, 3.8) is 0 Å². The second-order valence-electron chi connectivity index (χ2n) is 10.7. The molecule has 0 amide bonds. The molecular weight excluding hydrogens is 292 g/mol. The van der Waals surface area contributed by atoms with E-state index in [4.69, 9.17) is 4.74 Å². The van der Waals surface area contributed by atoms with E-state index in [-0.39, 0.29) is 5.60 Å². The third-order valence-corrected chi connectivity index (χ3v) is 9.00. The van der Waals surface area contributed by atoms with E-state index in [9.17, 15) is 0 Å². The Kier molecular flexibility index (Phi) is 4.69. The Labute approximate surface area is 151 Å². The Hall–Kier alpha value is -0.0400. The molecule has 5 unspecified atom stereocenters. The van der Waals surface area contributed by atoms with Crippen molar-refractivity contribution in [3.05, 3.63) is 0 Å². The van der Waals surface area contributed by atoms with E-state index in [0.29, 0.717) is 16.9 Å². The quantitative estimate of drug-likeness (QED) is 0.478. The largest absolute Gasteiger partial charge is 0.372 e. The third kappa shape index (κ3) is 2.60. The van der Waals surface area contributed by atoms with Gasteiger partial charge in [0, 0.05) is 0 Å². The van der Waals surface area contributed by atoms with E-state index >= 15 is 0 Å². The SMILES string of the molecule is CC.CC1CCC2C(CCC3(C)[C@H]4CC(C)(C)OC4C[C@@H]23)C1(C)C. The predicted molar refractivity (Wildman–Crippen MR) is 103 cm³/mol. The fraction of sp³-hybridized carbons (Fsp3) is 1.00. The highest BCUT2D eigenvalue weighted by atomic mass is 16.5. The van der Waals surface area contributed by atoms with E-state index in [2.05, 4.69) is 41.5 Å². The molecule has 0 aromatic heterocycles. The number of fused-ring (bicyclic) bond motifs is 5. The first kappa shape index (κ1) is 18.7. The summed E-state index contributed by atoms with van der Waals surface area (Å²) in [5.41, 5.74) is 1.23.